The molecule has 0 aliphatic heterocycles. The topological polar surface area (TPSA) is 9.23 Å². The van der Waals surface area contributed by atoms with Gasteiger partial charge in [0.25, 0.3) is 0 Å². The van der Waals surface area contributed by atoms with Crippen LogP contribution in [-0.2, 0) is 4.74 Å². The van der Waals surface area contributed by atoms with Gasteiger partial charge in [-0.05, 0) is 25.2 Å². The summed E-state index contributed by atoms with van der Waals surface area (Å²) in [7, 11) is 0. The SMILES string of the molecule is CCCCCCCC(CCCCC)COCCCCCC. The molecule has 0 N–H and O–H groups in total. The summed E-state index contributed by atoms with van der Waals surface area (Å²) < 4.78 is 5.95. The van der Waals surface area contributed by atoms with Gasteiger partial charge in [0.1, 0.15) is 0 Å². The Morgan fingerprint density at radius 1 is 0.571 bits per heavy atom. The Balaban J connectivity index is 3.64. The number of rotatable bonds is 17. The first-order chi connectivity index (χ1) is 10.3. The molecule has 0 saturated heterocycles. The van der Waals surface area contributed by atoms with Crippen molar-refractivity contribution in [1.29, 1.82) is 0 Å². The van der Waals surface area contributed by atoms with Crippen LogP contribution >= 0.6 is 0 Å². The van der Waals surface area contributed by atoms with E-state index in [2.05, 4.69) is 20.8 Å². The lowest BCUT2D eigenvalue weighted by atomic mass is 9.95. The molecule has 0 aromatic heterocycles. The second kappa shape index (κ2) is 18.0. The monoisotopic (exact) mass is 298 g/mol. The molecule has 0 bridgehead atoms. The van der Waals surface area contributed by atoms with Gasteiger partial charge in [0.05, 0.1) is 0 Å². The second-order valence-corrected chi connectivity index (χ2v) is 6.70. The Morgan fingerprint density at radius 2 is 1.05 bits per heavy atom. The van der Waals surface area contributed by atoms with Crippen molar-refractivity contribution in [2.24, 2.45) is 5.92 Å². The summed E-state index contributed by atoms with van der Waals surface area (Å²) in [6, 6.07) is 0. The van der Waals surface area contributed by atoms with E-state index in [1.165, 1.54) is 89.9 Å². The minimum atomic E-state index is 0.823. The van der Waals surface area contributed by atoms with Crippen LogP contribution in [0.1, 0.15) is 111 Å². The van der Waals surface area contributed by atoms with Crippen LogP contribution in [0.3, 0.4) is 0 Å². The van der Waals surface area contributed by atoms with Crippen molar-refractivity contribution in [3.05, 3.63) is 0 Å². The van der Waals surface area contributed by atoms with E-state index in [0.717, 1.165) is 19.1 Å². The Bertz CT molecular complexity index is 179. The van der Waals surface area contributed by atoms with E-state index in [0.29, 0.717) is 0 Å². The average Bonchev–Trinajstić information content (AvgIpc) is 2.50. The minimum Gasteiger partial charge on any atom is -0.381 e. The Hall–Kier alpha value is -0.0400. The summed E-state index contributed by atoms with van der Waals surface area (Å²) in [6.07, 6.45) is 19.2. The first-order valence-corrected chi connectivity index (χ1v) is 9.92. The highest BCUT2D eigenvalue weighted by Crippen LogP contribution is 2.19. The fraction of sp³-hybridized carbons (Fsp3) is 1.00. The fourth-order valence-corrected chi connectivity index (χ4v) is 2.91. The number of hydrogen-bond donors (Lipinski definition) is 0. The quantitative estimate of drug-likeness (QED) is 0.259. The van der Waals surface area contributed by atoms with Gasteiger partial charge in [0, 0.05) is 13.2 Å². The maximum atomic E-state index is 5.95. The van der Waals surface area contributed by atoms with Crippen molar-refractivity contribution in [3.63, 3.8) is 0 Å². The molecule has 0 aromatic rings. The molecule has 0 aliphatic carbocycles. The zero-order chi connectivity index (χ0) is 15.6. The molecule has 0 saturated carbocycles. The predicted molar refractivity (Wildman–Crippen MR) is 96.0 cm³/mol. The summed E-state index contributed by atoms with van der Waals surface area (Å²) in [5, 5.41) is 0. The standard InChI is InChI=1S/C20H42O/c1-4-7-10-12-14-17-20(16-13-9-6-3)19-21-18-15-11-8-5-2/h20H,4-19H2,1-3H3. The molecule has 0 rings (SSSR count). The van der Waals surface area contributed by atoms with E-state index in [4.69, 9.17) is 4.74 Å². The Kier molecular flexibility index (Phi) is 18.0. The van der Waals surface area contributed by atoms with Crippen molar-refractivity contribution in [2.45, 2.75) is 111 Å². The van der Waals surface area contributed by atoms with Crippen molar-refractivity contribution >= 4 is 0 Å². The van der Waals surface area contributed by atoms with Gasteiger partial charge in [-0.1, -0.05) is 91.4 Å². The van der Waals surface area contributed by atoms with E-state index < -0.39 is 0 Å². The molecule has 1 heteroatoms. The molecular weight excluding hydrogens is 256 g/mol. The smallest absolute Gasteiger partial charge is 0.0494 e. The third-order valence-electron chi connectivity index (χ3n) is 4.43. The van der Waals surface area contributed by atoms with Crippen molar-refractivity contribution in [2.75, 3.05) is 13.2 Å². The lowest BCUT2D eigenvalue weighted by Crippen LogP contribution is -2.11. The highest BCUT2D eigenvalue weighted by molar-refractivity contribution is 4.60. The van der Waals surface area contributed by atoms with Gasteiger partial charge in [-0.2, -0.15) is 0 Å². The van der Waals surface area contributed by atoms with Crippen LogP contribution in [0.5, 0.6) is 0 Å². The summed E-state index contributed by atoms with van der Waals surface area (Å²) in [4.78, 5) is 0. The summed E-state index contributed by atoms with van der Waals surface area (Å²) in [6.45, 7) is 8.86. The molecule has 0 fully saturated rings. The fourth-order valence-electron chi connectivity index (χ4n) is 2.91. The largest absolute Gasteiger partial charge is 0.381 e. The molecule has 0 aromatic carbocycles. The van der Waals surface area contributed by atoms with Crippen LogP contribution in [0.2, 0.25) is 0 Å². The second-order valence-electron chi connectivity index (χ2n) is 6.70. The third-order valence-corrected chi connectivity index (χ3v) is 4.43. The number of unbranched alkanes of at least 4 members (excludes halogenated alkanes) is 9. The lowest BCUT2D eigenvalue weighted by Gasteiger charge is -2.17. The molecule has 1 atom stereocenters. The van der Waals surface area contributed by atoms with Gasteiger partial charge in [-0.15, -0.1) is 0 Å². The van der Waals surface area contributed by atoms with Gasteiger partial charge in [0.2, 0.25) is 0 Å². The average molecular weight is 299 g/mol. The molecule has 1 unspecified atom stereocenters. The summed E-state index contributed by atoms with van der Waals surface area (Å²) in [5.41, 5.74) is 0. The van der Waals surface area contributed by atoms with Crippen LogP contribution in [0.25, 0.3) is 0 Å². The van der Waals surface area contributed by atoms with E-state index >= 15 is 0 Å². The number of ether oxygens (including phenoxy) is 1. The van der Waals surface area contributed by atoms with E-state index in [-0.39, 0.29) is 0 Å². The van der Waals surface area contributed by atoms with Gasteiger partial charge in [-0.25, -0.2) is 0 Å². The minimum absolute atomic E-state index is 0.823. The molecule has 0 aliphatic rings. The molecule has 1 nitrogen and oxygen atoms in total. The van der Waals surface area contributed by atoms with Crippen molar-refractivity contribution < 1.29 is 4.74 Å². The molecular formula is C20H42O. The van der Waals surface area contributed by atoms with Gasteiger partial charge in [0.15, 0.2) is 0 Å². The van der Waals surface area contributed by atoms with Crippen molar-refractivity contribution in [3.8, 4) is 0 Å². The number of hydrogen-bond acceptors (Lipinski definition) is 1. The van der Waals surface area contributed by atoms with E-state index in [1.807, 2.05) is 0 Å². The highest BCUT2D eigenvalue weighted by atomic mass is 16.5. The highest BCUT2D eigenvalue weighted by Gasteiger charge is 2.08. The first kappa shape index (κ1) is 21.0. The van der Waals surface area contributed by atoms with Crippen molar-refractivity contribution in [1.82, 2.24) is 0 Å². The Morgan fingerprint density at radius 3 is 1.67 bits per heavy atom. The molecule has 0 heterocycles. The molecule has 0 radical (unpaired) electrons. The molecule has 21 heavy (non-hydrogen) atoms. The van der Waals surface area contributed by atoms with E-state index in [9.17, 15) is 0 Å². The van der Waals surface area contributed by atoms with Gasteiger partial charge >= 0.3 is 0 Å². The van der Waals surface area contributed by atoms with Gasteiger partial charge < -0.3 is 4.74 Å². The normalized spacial score (nSPS) is 12.7. The van der Waals surface area contributed by atoms with Crippen LogP contribution < -0.4 is 0 Å². The van der Waals surface area contributed by atoms with Crippen LogP contribution in [0, 0.1) is 5.92 Å². The lowest BCUT2D eigenvalue weighted by molar-refractivity contribution is 0.0880. The zero-order valence-corrected chi connectivity index (χ0v) is 15.3. The summed E-state index contributed by atoms with van der Waals surface area (Å²) >= 11 is 0. The zero-order valence-electron chi connectivity index (χ0n) is 15.3. The first-order valence-electron chi connectivity index (χ1n) is 9.92. The van der Waals surface area contributed by atoms with Gasteiger partial charge in [-0.3, -0.25) is 0 Å². The van der Waals surface area contributed by atoms with Crippen LogP contribution in [0.15, 0.2) is 0 Å². The molecule has 0 amide bonds. The van der Waals surface area contributed by atoms with Crippen LogP contribution in [-0.4, -0.2) is 13.2 Å². The third kappa shape index (κ3) is 16.2. The predicted octanol–water partition coefficient (Wildman–Crippen LogP) is 7.14. The maximum Gasteiger partial charge on any atom is 0.0494 e. The molecule has 128 valence electrons. The Labute approximate surface area is 135 Å². The van der Waals surface area contributed by atoms with Crippen LogP contribution in [0.4, 0.5) is 0 Å². The summed E-state index contributed by atoms with van der Waals surface area (Å²) in [5.74, 6) is 0.823. The van der Waals surface area contributed by atoms with E-state index in [1.54, 1.807) is 0 Å². The maximum absolute atomic E-state index is 5.95. The molecule has 0 spiro atoms.